The molecule has 2 N–H and O–H groups in total. The van der Waals surface area contributed by atoms with Gasteiger partial charge in [-0.15, -0.1) is 11.3 Å². The van der Waals surface area contributed by atoms with E-state index < -0.39 is 27.9 Å². The number of fused-ring (bicyclic) bond motifs is 3. The summed E-state index contributed by atoms with van der Waals surface area (Å²) in [4.78, 5) is 32.8. The molecule has 7 heteroatoms. The highest BCUT2D eigenvalue weighted by Crippen LogP contribution is 2.78. The van der Waals surface area contributed by atoms with Crippen molar-refractivity contribution in [2.45, 2.75) is 123 Å². The molecule has 0 aliphatic heterocycles. The molecule has 7 aliphatic carbocycles. The molecule has 2 spiro atoms. The second-order valence-corrected chi connectivity index (χ2v) is 22.1. The third-order valence-electron chi connectivity index (χ3n) is 17.8. The minimum absolute atomic E-state index is 0.0171. The van der Waals surface area contributed by atoms with E-state index in [1.165, 1.54) is 0 Å². The van der Waals surface area contributed by atoms with Gasteiger partial charge < -0.3 is 19.8 Å². The summed E-state index contributed by atoms with van der Waals surface area (Å²) < 4.78 is 7.74. The van der Waals surface area contributed by atoms with Crippen molar-refractivity contribution in [3.63, 3.8) is 0 Å². The molecule has 6 nitrogen and oxygen atoms in total. The first-order valence-corrected chi connectivity index (χ1v) is 23.8. The fourth-order valence-corrected chi connectivity index (χ4v) is 15.4. The lowest BCUT2D eigenvalue weighted by atomic mass is 9.32. The van der Waals surface area contributed by atoms with E-state index in [1.54, 1.807) is 11.3 Å². The molecular formula is C53H63NO5S. The van der Waals surface area contributed by atoms with Crippen molar-refractivity contribution in [2.24, 2.45) is 51.2 Å². The Morgan fingerprint density at radius 1 is 0.867 bits per heavy atom. The highest BCUT2D eigenvalue weighted by molar-refractivity contribution is 7.21. The minimum Gasteiger partial charge on any atom is -0.446 e. The summed E-state index contributed by atoms with van der Waals surface area (Å²) in [7, 11) is 0. The van der Waals surface area contributed by atoms with Gasteiger partial charge in [0.05, 0.1) is 23.1 Å². The number of thiophene rings is 1. The standard InChI is InChI=1S/C53H63NO5S/c1-33(2)39-18-17-34(3)27-42(39)59-48(57)54(31-37-14-10-13-35-11-6-8-15-40(35)37)32-52(58)24-21-46-50(52,5)23-20-45-49(4)22-19-38(55)29-51(49)25-26-53(45,46)41(30-51)47(56)44-28-36-12-7-9-16-43(36)60-44/h6-16,25-26,28,30,33-34,38-39,42,45-46,55,58H,17-24,27,29,31-32H2,1-5H3/t34-,38?,39+,42-,45+,46+,49+,50-,51-,52+,53+/m0/s1. The Balaban J connectivity index is 1.04. The van der Waals surface area contributed by atoms with Crippen molar-refractivity contribution >= 4 is 44.1 Å². The number of ketones is 1. The fraction of sp³-hybridized carbons (Fsp3) is 0.547. The summed E-state index contributed by atoms with van der Waals surface area (Å²) >= 11 is 1.57. The van der Waals surface area contributed by atoms with Crippen LogP contribution in [0.25, 0.3) is 20.9 Å². The molecule has 4 aromatic rings. The van der Waals surface area contributed by atoms with E-state index in [0.717, 1.165) is 88.2 Å². The van der Waals surface area contributed by atoms with Crippen LogP contribution < -0.4 is 0 Å². The maximum Gasteiger partial charge on any atom is 0.410 e. The van der Waals surface area contributed by atoms with Crippen molar-refractivity contribution in [1.29, 1.82) is 0 Å². The van der Waals surface area contributed by atoms with Gasteiger partial charge in [-0.05, 0) is 127 Å². The number of rotatable bonds is 8. The Morgan fingerprint density at radius 2 is 1.58 bits per heavy atom. The SMILES string of the molecule is CC(C)[C@H]1CC[C@H](C)C[C@@H]1OC(=O)N(Cc1cccc2ccccc12)C[C@]1(O)CC[C@H]2[C@]34C=C[C@@]5(C=C3C(=O)c3cc6ccccc6s3)CC(O)CC[C@]5(C)[C@H]4CC[C@@]21C. The number of carbonyl (C=O) groups is 2. The Hall–Kier alpha value is -3.78. The van der Waals surface area contributed by atoms with E-state index in [-0.39, 0.29) is 41.8 Å². The molecule has 1 amide bonds. The summed E-state index contributed by atoms with van der Waals surface area (Å²) in [6.07, 6.45) is 14.5. The van der Waals surface area contributed by atoms with E-state index in [0.29, 0.717) is 37.1 Å². The first-order chi connectivity index (χ1) is 28.7. The number of Topliss-reactive ketones (excluding diaryl/α,β-unsaturated/α-hetero) is 1. The van der Waals surface area contributed by atoms with Crippen LogP contribution in [0.1, 0.15) is 114 Å². The molecule has 60 heavy (non-hydrogen) atoms. The second kappa shape index (κ2) is 14.4. The van der Waals surface area contributed by atoms with Gasteiger partial charge in [0.15, 0.2) is 5.78 Å². The van der Waals surface area contributed by atoms with Crippen LogP contribution in [0.5, 0.6) is 0 Å². The van der Waals surface area contributed by atoms with Crippen LogP contribution in [0.4, 0.5) is 4.79 Å². The number of allylic oxidation sites excluding steroid dienone is 4. The molecule has 3 aromatic carbocycles. The Kier molecular flexibility index (Phi) is 9.66. The fourth-order valence-electron chi connectivity index (χ4n) is 14.4. The summed E-state index contributed by atoms with van der Waals surface area (Å²) in [6, 6.07) is 24.9. The summed E-state index contributed by atoms with van der Waals surface area (Å²) in [5.41, 5.74) is -0.996. The topological polar surface area (TPSA) is 87.1 Å². The Bertz CT molecular complexity index is 2380. The number of hydrogen-bond donors (Lipinski definition) is 2. The average molecular weight is 826 g/mol. The lowest BCUT2D eigenvalue weighted by Gasteiger charge is -2.71. The van der Waals surface area contributed by atoms with Gasteiger partial charge in [0, 0.05) is 33.1 Å². The molecule has 11 atom stereocenters. The molecule has 0 saturated heterocycles. The molecule has 0 radical (unpaired) electrons. The number of aliphatic hydroxyl groups excluding tert-OH is 1. The molecular weight excluding hydrogens is 763 g/mol. The van der Waals surface area contributed by atoms with Crippen molar-refractivity contribution < 1.29 is 24.5 Å². The molecule has 1 unspecified atom stereocenters. The monoisotopic (exact) mass is 825 g/mol. The average Bonchev–Trinajstić information content (AvgIpc) is 3.78. The molecule has 11 rings (SSSR count). The largest absolute Gasteiger partial charge is 0.446 e. The van der Waals surface area contributed by atoms with Crippen molar-refractivity contribution in [3.8, 4) is 0 Å². The first kappa shape index (κ1) is 40.3. The number of carbonyl (C=O) groups excluding carboxylic acids is 2. The number of benzene rings is 3. The smallest absolute Gasteiger partial charge is 0.410 e. The van der Waals surface area contributed by atoms with Crippen LogP contribution in [0, 0.1) is 51.2 Å². The number of nitrogens with zero attached hydrogens (tertiary/aromatic N) is 1. The molecule has 4 fully saturated rings. The normalized spacial score (nSPS) is 38.0. The van der Waals surface area contributed by atoms with Crippen LogP contribution in [0.2, 0.25) is 0 Å². The maximum atomic E-state index is 15.3. The lowest BCUT2D eigenvalue weighted by Crippen LogP contribution is -2.67. The van der Waals surface area contributed by atoms with Crippen LogP contribution in [-0.2, 0) is 11.3 Å². The number of hydrogen-bond acceptors (Lipinski definition) is 6. The highest BCUT2D eigenvalue weighted by Gasteiger charge is 2.74. The van der Waals surface area contributed by atoms with E-state index in [2.05, 4.69) is 101 Å². The summed E-state index contributed by atoms with van der Waals surface area (Å²) in [5, 5.41) is 28.0. The third kappa shape index (κ3) is 5.91. The third-order valence-corrected chi connectivity index (χ3v) is 18.9. The Morgan fingerprint density at radius 3 is 2.38 bits per heavy atom. The quantitative estimate of drug-likeness (QED) is 0.136. The van der Waals surface area contributed by atoms with E-state index >= 15 is 4.79 Å². The lowest BCUT2D eigenvalue weighted by molar-refractivity contribution is -0.175. The zero-order valence-corrected chi connectivity index (χ0v) is 37.0. The predicted octanol–water partition coefficient (Wildman–Crippen LogP) is 11.9. The van der Waals surface area contributed by atoms with Crippen molar-refractivity contribution in [3.05, 3.63) is 107 Å². The molecule has 2 bridgehead atoms. The van der Waals surface area contributed by atoms with Gasteiger partial charge in [-0.25, -0.2) is 4.79 Å². The molecule has 1 aromatic heterocycles. The van der Waals surface area contributed by atoms with Gasteiger partial charge in [0.25, 0.3) is 0 Å². The highest BCUT2D eigenvalue weighted by atomic mass is 32.1. The van der Waals surface area contributed by atoms with Gasteiger partial charge in [0.2, 0.25) is 0 Å². The summed E-state index contributed by atoms with van der Waals surface area (Å²) in [6.45, 7) is 12.0. The second-order valence-electron chi connectivity index (χ2n) is 21.0. The van der Waals surface area contributed by atoms with Crippen LogP contribution in [0.15, 0.2) is 96.6 Å². The predicted molar refractivity (Wildman–Crippen MR) is 241 cm³/mol. The number of amides is 1. The van der Waals surface area contributed by atoms with E-state index in [1.807, 2.05) is 29.2 Å². The Labute approximate surface area is 360 Å². The van der Waals surface area contributed by atoms with Crippen LogP contribution in [-0.4, -0.2) is 51.3 Å². The van der Waals surface area contributed by atoms with Crippen molar-refractivity contribution in [2.75, 3.05) is 6.54 Å². The van der Waals surface area contributed by atoms with Crippen LogP contribution >= 0.6 is 11.3 Å². The van der Waals surface area contributed by atoms with Gasteiger partial charge in [-0.3, -0.25) is 4.79 Å². The molecule has 1 heterocycles. The van der Waals surface area contributed by atoms with E-state index in [4.69, 9.17) is 4.74 Å². The van der Waals surface area contributed by atoms with Crippen molar-refractivity contribution in [1.82, 2.24) is 4.90 Å². The van der Waals surface area contributed by atoms with Crippen LogP contribution in [0.3, 0.4) is 0 Å². The molecule has 7 aliphatic rings. The van der Waals surface area contributed by atoms with Gasteiger partial charge in [-0.1, -0.05) is 120 Å². The summed E-state index contributed by atoms with van der Waals surface area (Å²) in [5.74, 6) is 1.46. The van der Waals surface area contributed by atoms with Gasteiger partial charge in [0.1, 0.15) is 6.10 Å². The number of aliphatic hydroxyl groups is 2. The van der Waals surface area contributed by atoms with Gasteiger partial charge in [-0.2, -0.15) is 0 Å². The molecule has 4 saturated carbocycles. The zero-order valence-electron chi connectivity index (χ0n) is 36.2. The zero-order chi connectivity index (χ0) is 41.8. The van der Waals surface area contributed by atoms with E-state index in [9.17, 15) is 15.0 Å². The minimum atomic E-state index is -1.21. The number of ether oxygens (including phenoxy) is 1. The van der Waals surface area contributed by atoms with Gasteiger partial charge >= 0.3 is 6.09 Å². The first-order valence-electron chi connectivity index (χ1n) is 23.0. The molecule has 316 valence electrons. The maximum absolute atomic E-state index is 15.3.